The molecule has 3 rings (SSSR count). The molecule has 1 aliphatic heterocycles. The van der Waals surface area contributed by atoms with E-state index in [9.17, 15) is 10.1 Å². The molecular formula is C18H16N2O2. The summed E-state index contributed by atoms with van der Waals surface area (Å²) in [5.74, 6) is -1.65. The highest BCUT2D eigenvalue weighted by Gasteiger charge is 2.37. The third kappa shape index (κ3) is 2.31. The van der Waals surface area contributed by atoms with Crippen molar-refractivity contribution in [2.45, 2.75) is 12.8 Å². The zero-order chi connectivity index (χ0) is 15.5. The van der Waals surface area contributed by atoms with Crippen LogP contribution in [0.4, 0.5) is 11.4 Å². The molecule has 1 aliphatic rings. The Bertz CT molecular complexity index is 703. The molecule has 2 aromatic carbocycles. The fourth-order valence-electron chi connectivity index (χ4n) is 2.93. The van der Waals surface area contributed by atoms with Crippen molar-refractivity contribution >= 4 is 17.3 Å². The van der Waals surface area contributed by atoms with Crippen LogP contribution in [-0.4, -0.2) is 12.6 Å². The number of nitriles is 1. The number of esters is 1. The molecule has 1 unspecified atom stereocenters. The summed E-state index contributed by atoms with van der Waals surface area (Å²) in [6, 6.07) is 17.7. The molecule has 1 N–H and O–H groups in total. The van der Waals surface area contributed by atoms with Crippen LogP contribution in [0.25, 0.3) is 0 Å². The molecule has 0 amide bonds. The number of nitrogens with zero attached hydrogens (tertiary/aromatic N) is 1. The molecule has 1 heterocycles. The van der Waals surface area contributed by atoms with Gasteiger partial charge in [-0.2, -0.15) is 5.26 Å². The first-order valence-electron chi connectivity index (χ1n) is 7.27. The molecule has 1 atom stereocenters. The number of carbonyl (C=O) groups is 1. The Kier molecular flexibility index (Phi) is 3.80. The lowest BCUT2D eigenvalue weighted by atomic mass is 9.78. The number of para-hydroxylation sites is 2. The van der Waals surface area contributed by atoms with Crippen LogP contribution in [0.1, 0.15) is 24.0 Å². The number of fused-ring (bicyclic) bond motifs is 2. The highest BCUT2D eigenvalue weighted by Crippen LogP contribution is 2.44. The maximum atomic E-state index is 12.2. The van der Waals surface area contributed by atoms with E-state index in [0.29, 0.717) is 0 Å². The van der Waals surface area contributed by atoms with Crippen LogP contribution in [0, 0.1) is 17.2 Å². The highest BCUT2D eigenvalue weighted by molar-refractivity contribution is 5.82. The van der Waals surface area contributed by atoms with E-state index < -0.39 is 11.9 Å². The number of rotatable bonds is 3. The van der Waals surface area contributed by atoms with Gasteiger partial charge in [0.05, 0.1) is 12.7 Å². The summed E-state index contributed by atoms with van der Waals surface area (Å²) in [6.45, 7) is 2.02. The largest absolute Gasteiger partial charge is 0.465 e. The summed E-state index contributed by atoms with van der Waals surface area (Å²) in [5, 5.41) is 12.9. The third-order valence-electron chi connectivity index (χ3n) is 3.87. The van der Waals surface area contributed by atoms with E-state index in [0.717, 1.165) is 22.5 Å². The lowest BCUT2D eigenvalue weighted by molar-refractivity contribution is -0.146. The van der Waals surface area contributed by atoms with Gasteiger partial charge >= 0.3 is 5.97 Å². The van der Waals surface area contributed by atoms with Gasteiger partial charge in [-0.1, -0.05) is 36.4 Å². The molecule has 22 heavy (non-hydrogen) atoms. The summed E-state index contributed by atoms with van der Waals surface area (Å²) in [5.41, 5.74) is 3.74. The minimum absolute atomic E-state index is 0.269. The summed E-state index contributed by atoms with van der Waals surface area (Å²) >= 11 is 0. The highest BCUT2D eigenvalue weighted by atomic mass is 16.5. The van der Waals surface area contributed by atoms with Crippen molar-refractivity contribution in [3.63, 3.8) is 0 Å². The molecule has 0 bridgehead atoms. The second kappa shape index (κ2) is 5.90. The minimum atomic E-state index is -0.857. The van der Waals surface area contributed by atoms with Gasteiger partial charge in [-0.3, -0.25) is 4.79 Å². The summed E-state index contributed by atoms with van der Waals surface area (Å²) < 4.78 is 5.10. The maximum Gasteiger partial charge on any atom is 0.324 e. The lowest BCUT2D eigenvalue weighted by Gasteiger charge is -2.31. The van der Waals surface area contributed by atoms with Crippen molar-refractivity contribution in [1.29, 1.82) is 5.26 Å². The predicted molar refractivity (Wildman–Crippen MR) is 83.7 cm³/mol. The van der Waals surface area contributed by atoms with E-state index in [-0.39, 0.29) is 12.5 Å². The van der Waals surface area contributed by atoms with Crippen LogP contribution < -0.4 is 5.32 Å². The summed E-state index contributed by atoms with van der Waals surface area (Å²) in [7, 11) is 0. The number of ether oxygens (including phenoxy) is 1. The van der Waals surface area contributed by atoms with Crippen LogP contribution in [0.5, 0.6) is 0 Å². The average molecular weight is 292 g/mol. The summed E-state index contributed by atoms with van der Waals surface area (Å²) in [4.78, 5) is 12.2. The van der Waals surface area contributed by atoms with Crippen molar-refractivity contribution in [2.24, 2.45) is 5.92 Å². The van der Waals surface area contributed by atoms with Crippen molar-refractivity contribution in [3.8, 4) is 6.07 Å². The Morgan fingerprint density at radius 1 is 1.18 bits per heavy atom. The van der Waals surface area contributed by atoms with Crippen LogP contribution in [0.15, 0.2) is 48.5 Å². The fraction of sp³-hybridized carbons (Fsp3) is 0.222. The van der Waals surface area contributed by atoms with Crippen molar-refractivity contribution < 1.29 is 9.53 Å². The van der Waals surface area contributed by atoms with Crippen molar-refractivity contribution in [2.75, 3.05) is 11.9 Å². The van der Waals surface area contributed by atoms with Gasteiger partial charge in [0.15, 0.2) is 5.92 Å². The third-order valence-corrected chi connectivity index (χ3v) is 3.87. The standard InChI is InChI=1S/C18H16N2O2/c1-2-22-18(21)14(11-19)17-12-7-3-5-9-15(12)20-16-10-6-4-8-13(16)17/h3-10,14,17,20H,2H2,1H3. The molecule has 0 fully saturated rings. The van der Waals surface area contributed by atoms with Gasteiger partial charge in [0.25, 0.3) is 0 Å². The van der Waals surface area contributed by atoms with Crippen molar-refractivity contribution in [3.05, 3.63) is 59.7 Å². The zero-order valence-electron chi connectivity index (χ0n) is 12.2. The molecule has 4 heteroatoms. The first-order valence-corrected chi connectivity index (χ1v) is 7.27. The Morgan fingerprint density at radius 2 is 1.73 bits per heavy atom. The molecule has 0 saturated carbocycles. The second-order valence-corrected chi connectivity index (χ2v) is 5.14. The van der Waals surface area contributed by atoms with Gasteiger partial charge in [0.1, 0.15) is 0 Å². The number of nitrogens with one attached hydrogen (secondary N) is 1. The number of hydrogen-bond donors (Lipinski definition) is 1. The minimum Gasteiger partial charge on any atom is -0.465 e. The first-order chi connectivity index (χ1) is 10.8. The summed E-state index contributed by atoms with van der Waals surface area (Å²) in [6.07, 6.45) is 0. The van der Waals surface area contributed by atoms with Crippen LogP contribution in [-0.2, 0) is 9.53 Å². The maximum absolute atomic E-state index is 12.2. The number of benzene rings is 2. The normalized spacial score (nSPS) is 14.0. The Morgan fingerprint density at radius 3 is 2.23 bits per heavy atom. The molecule has 4 nitrogen and oxygen atoms in total. The molecule has 2 aromatic rings. The number of carbonyl (C=O) groups excluding carboxylic acids is 1. The average Bonchev–Trinajstić information content (AvgIpc) is 2.55. The quantitative estimate of drug-likeness (QED) is 0.878. The zero-order valence-corrected chi connectivity index (χ0v) is 12.2. The number of hydrogen-bond acceptors (Lipinski definition) is 4. The molecular weight excluding hydrogens is 276 g/mol. The van der Waals surface area contributed by atoms with Crippen LogP contribution in [0.2, 0.25) is 0 Å². The van der Waals surface area contributed by atoms with Gasteiger partial charge in [-0.25, -0.2) is 0 Å². The number of anilines is 2. The molecule has 0 aromatic heterocycles. The second-order valence-electron chi connectivity index (χ2n) is 5.14. The van der Waals surface area contributed by atoms with Crippen LogP contribution >= 0.6 is 0 Å². The SMILES string of the molecule is CCOC(=O)C(C#N)C1c2ccccc2Nc2ccccc21. The first kappa shape index (κ1) is 14.2. The van der Waals surface area contributed by atoms with E-state index >= 15 is 0 Å². The van der Waals surface area contributed by atoms with Gasteiger partial charge < -0.3 is 10.1 Å². The molecule has 0 spiro atoms. The van der Waals surface area contributed by atoms with Gasteiger partial charge in [0, 0.05) is 17.3 Å². The van der Waals surface area contributed by atoms with E-state index in [4.69, 9.17) is 4.74 Å². The van der Waals surface area contributed by atoms with Crippen LogP contribution in [0.3, 0.4) is 0 Å². The molecule has 110 valence electrons. The Labute approximate surface area is 129 Å². The Hall–Kier alpha value is -2.80. The molecule has 0 aliphatic carbocycles. The van der Waals surface area contributed by atoms with E-state index in [2.05, 4.69) is 11.4 Å². The van der Waals surface area contributed by atoms with Gasteiger partial charge in [-0.05, 0) is 30.2 Å². The Balaban J connectivity index is 2.14. The lowest BCUT2D eigenvalue weighted by Crippen LogP contribution is -2.27. The fourth-order valence-corrected chi connectivity index (χ4v) is 2.93. The topological polar surface area (TPSA) is 62.1 Å². The van der Waals surface area contributed by atoms with Crippen molar-refractivity contribution in [1.82, 2.24) is 0 Å². The monoisotopic (exact) mass is 292 g/mol. The van der Waals surface area contributed by atoms with E-state index in [1.54, 1.807) is 6.92 Å². The molecule has 0 saturated heterocycles. The predicted octanol–water partition coefficient (Wildman–Crippen LogP) is 3.58. The van der Waals surface area contributed by atoms with E-state index in [1.807, 2.05) is 48.5 Å². The smallest absolute Gasteiger partial charge is 0.324 e. The van der Waals surface area contributed by atoms with Gasteiger partial charge in [-0.15, -0.1) is 0 Å². The van der Waals surface area contributed by atoms with Gasteiger partial charge in [0.2, 0.25) is 0 Å². The van der Waals surface area contributed by atoms with E-state index in [1.165, 1.54) is 0 Å². The molecule has 0 radical (unpaired) electrons.